The second-order valence-corrected chi connectivity index (χ2v) is 4.45. The summed E-state index contributed by atoms with van der Waals surface area (Å²) in [6.07, 6.45) is 0. The number of carbonyl (C=O) groups is 1. The van der Waals surface area contributed by atoms with Crippen molar-refractivity contribution in [2.24, 2.45) is 0 Å². The van der Waals surface area contributed by atoms with E-state index in [4.69, 9.17) is 16.7 Å². The average molecular weight is 278 g/mol. The van der Waals surface area contributed by atoms with Crippen LogP contribution in [0.15, 0.2) is 42.5 Å². The molecule has 0 aliphatic rings. The van der Waals surface area contributed by atoms with E-state index in [9.17, 15) is 9.90 Å². The lowest BCUT2D eigenvalue weighted by Crippen LogP contribution is -2.01. The standard InChI is InChI=1S/C14H12ClNO3/c15-10-3-1-9(2-4-10)8-16-11-5-6-12(14(18)19)13(17)7-11/h1-7,16-17H,8H2,(H,18,19). The minimum absolute atomic E-state index is 0.114. The van der Waals surface area contributed by atoms with Crippen molar-refractivity contribution in [1.29, 1.82) is 0 Å². The average Bonchev–Trinajstić information content (AvgIpc) is 2.37. The monoisotopic (exact) mass is 277 g/mol. The molecule has 0 saturated carbocycles. The number of phenols is 1. The molecule has 0 unspecified atom stereocenters. The van der Waals surface area contributed by atoms with Gasteiger partial charge >= 0.3 is 5.97 Å². The molecule has 0 aliphatic carbocycles. The highest BCUT2D eigenvalue weighted by Crippen LogP contribution is 2.22. The topological polar surface area (TPSA) is 69.6 Å². The molecule has 2 aromatic carbocycles. The Hall–Kier alpha value is -2.20. The Morgan fingerprint density at radius 2 is 1.84 bits per heavy atom. The van der Waals surface area contributed by atoms with Gasteiger partial charge in [-0.2, -0.15) is 0 Å². The van der Waals surface area contributed by atoms with Crippen molar-refractivity contribution in [2.75, 3.05) is 5.32 Å². The molecule has 0 aromatic heterocycles. The van der Waals surface area contributed by atoms with Crippen LogP contribution in [0.1, 0.15) is 15.9 Å². The van der Waals surface area contributed by atoms with Crippen molar-refractivity contribution in [3.63, 3.8) is 0 Å². The zero-order chi connectivity index (χ0) is 13.8. The van der Waals surface area contributed by atoms with E-state index in [1.807, 2.05) is 12.1 Å². The maximum atomic E-state index is 10.8. The number of halogens is 1. The summed E-state index contributed by atoms with van der Waals surface area (Å²) in [6, 6.07) is 11.7. The quantitative estimate of drug-likeness (QED) is 0.801. The molecule has 0 amide bonds. The van der Waals surface area contributed by atoms with Crippen molar-refractivity contribution in [1.82, 2.24) is 0 Å². The van der Waals surface area contributed by atoms with Gasteiger partial charge in [-0.25, -0.2) is 4.79 Å². The predicted octanol–water partition coefficient (Wildman–Crippen LogP) is 3.36. The van der Waals surface area contributed by atoms with E-state index < -0.39 is 5.97 Å². The number of hydrogen-bond acceptors (Lipinski definition) is 3. The Kier molecular flexibility index (Phi) is 3.92. The molecule has 2 rings (SSSR count). The molecule has 19 heavy (non-hydrogen) atoms. The van der Waals surface area contributed by atoms with E-state index in [1.54, 1.807) is 18.2 Å². The van der Waals surface area contributed by atoms with Gasteiger partial charge in [-0.15, -0.1) is 0 Å². The molecule has 0 fully saturated rings. The SMILES string of the molecule is O=C(O)c1ccc(NCc2ccc(Cl)cc2)cc1O. The van der Waals surface area contributed by atoms with Crippen molar-refractivity contribution in [3.8, 4) is 5.75 Å². The van der Waals surface area contributed by atoms with Crippen molar-refractivity contribution in [2.45, 2.75) is 6.54 Å². The second-order valence-electron chi connectivity index (χ2n) is 4.02. The normalized spacial score (nSPS) is 10.2. The molecule has 0 saturated heterocycles. The number of rotatable bonds is 4. The Morgan fingerprint density at radius 3 is 2.42 bits per heavy atom. The number of anilines is 1. The zero-order valence-electron chi connectivity index (χ0n) is 9.93. The largest absolute Gasteiger partial charge is 0.507 e. The highest BCUT2D eigenvalue weighted by molar-refractivity contribution is 6.30. The lowest BCUT2D eigenvalue weighted by Gasteiger charge is -2.08. The van der Waals surface area contributed by atoms with Crippen LogP contribution in [0, 0.1) is 0 Å². The van der Waals surface area contributed by atoms with Gasteiger partial charge in [-0.3, -0.25) is 0 Å². The van der Waals surface area contributed by atoms with E-state index in [-0.39, 0.29) is 11.3 Å². The fourth-order valence-corrected chi connectivity index (χ4v) is 1.75. The van der Waals surface area contributed by atoms with Crippen LogP contribution in [0.4, 0.5) is 5.69 Å². The molecule has 98 valence electrons. The Morgan fingerprint density at radius 1 is 1.16 bits per heavy atom. The van der Waals surface area contributed by atoms with Gasteiger partial charge in [0.15, 0.2) is 0 Å². The van der Waals surface area contributed by atoms with Gasteiger partial charge in [0.05, 0.1) is 0 Å². The van der Waals surface area contributed by atoms with Gasteiger partial charge in [0.2, 0.25) is 0 Å². The van der Waals surface area contributed by atoms with E-state index in [2.05, 4.69) is 5.32 Å². The minimum Gasteiger partial charge on any atom is -0.507 e. The highest BCUT2D eigenvalue weighted by atomic mass is 35.5. The van der Waals surface area contributed by atoms with Crippen LogP contribution in [-0.4, -0.2) is 16.2 Å². The van der Waals surface area contributed by atoms with Crippen molar-refractivity contribution in [3.05, 3.63) is 58.6 Å². The molecule has 5 heteroatoms. The lowest BCUT2D eigenvalue weighted by molar-refractivity contribution is 0.0694. The van der Waals surface area contributed by atoms with Crippen LogP contribution in [0.25, 0.3) is 0 Å². The summed E-state index contributed by atoms with van der Waals surface area (Å²) in [7, 11) is 0. The number of hydrogen-bond donors (Lipinski definition) is 3. The maximum Gasteiger partial charge on any atom is 0.339 e. The van der Waals surface area contributed by atoms with Gasteiger partial charge in [-0.05, 0) is 29.8 Å². The Labute approximate surface area is 115 Å². The summed E-state index contributed by atoms with van der Waals surface area (Å²) in [4.78, 5) is 10.8. The predicted molar refractivity (Wildman–Crippen MR) is 73.8 cm³/mol. The third kappa shape index (κ3) is 3.39. The summed E-state index contributed by atoms with van der Waals surface area (Å²) in [5.41, 5.74) is 1.57. The summed E-state index contributed by atoms with van der Waals surface area (Å²) in [5.74, 6) is -1.41. The van der Waals surface area contributed by atoms with E-state index in [0.29, 0.717) is 17.3 Å². The maximum absolute atomic E-state index is 10.8. The molecule has 0 bridgehead atoms. The molecule has 0 aliphatic heterocycles. The summed E-state index contributed by atoms with van der Waals surface area (Å²) >= 11 is 5.79. The molecule has 0 radical (unpaired) electrons. The fraction of sp³-hybridized carbons (Fsp3) is 0.0714. The summed E-state index contributed by atoms with van der Waals surface area (Å²) < 4.78 is 0. The first kappa shape index (κ1) is 13.2. The number of carboxylic acid groups (broad SMARTS) is 1. The van der Waals surface area contributed by atoms with Crippen LogP contribution in [0.3, 0.4) is 0 Å². The van der Waals surface area contributed by atoms with Crippen molar-refractivity contribution < 1.29 is 15.0 Å². The van der Waals surface area contributed by atoms with Gasteiger partial charge in [-0.1, -0.05) is 23.7 Å². The van der Waals surface area contributed by atoms with Gasteiger partial charge in [0.1, 0.15) is 11.3 Å². The van der Waals surface area contributed by atoms with E-state index in [0.717, 1.165) is 5.56 Å². The smallest absolute Gasteiger partial charge is 0.339 e. The summed E-state index contributed by atoms with van der Waals surface area (Å²) in [5, 5.41) is 22.1. The highest BCUT2D eigenvalue weighted by Gasteiger charge is 2.09. The van der Waals surface area contributed by atoms with Crippen LogP contribution >= 0.6 is 11.6 Å². The lowest BCUT2D eigenvalue weighted by atomic mass is 10.1. The Balaban J connectivity index is 2.06. The molecule has 4 nitrogen and oxygen atoms in total. The molecule has 0 heterocycles. The molecule has 0 spiro atoms. The number of carboxylic acids is 1. The van der Waals surface area contributed by atoms with E-state index >= 15 is 0 Å². The first-order valence-electron chi connectivity index (χ1n) is 5.61. The van der Waals surface area contributed by atoms with Gasteiger partial charge < -0.3 is 15.5 Å². The van der Waals surface area contributed by atoms with Crippen molar-refractivity contribution >= 4 is 23.3 Å². The second kappa shape index (κ2) is 5.63. The molecule has 3 N–H and O–H groups in total. The van der Waals surface area contributed by atoms with Crippen LogP contribution in [0.2, 0.25) is 5.02 Å². The van der Waals surface area contributed by atoms with Gasteiger partial charge in [0, 0.05) is 23.3 Å². The number of aromatic hydroxyl groups is 1. The molecular weight excluding hydrogens is 266 g/mol. The van der Waals surface area contributed by atoms with Crippen LogP contribution in [-0.2, 0) is 6.54 Å². The van der Waals surface area contributed by atoms with E-state index in [1.165, 1.54) is 12.1 Å². The molecular formula is C14H12ClNO3. The molecule has 0 atom stereocenters. The Bertz CT molecular complexity index is 596. The first-order chi connectivity index (χ1) is 9.06. The molecule has 2 aromatic rings. The third-order valence-corrected chi connectivity index (χ3v) is 2.89. The van der Waals surface area contributed by atoms with Crippen LogP contribution < -0.4 is 5.32 Å². The first-order valence-corrected chi connectivity index (χ1v) is 5.98. The number of benzene rings is 2. The third-order valence-electron chi connectivity index (χ3n) is 2.64. The van der Waals surface area contributed by atoms with Gasteiger partial charge in [0.25, 0.3) is 0 Å². The zero-order valence-corrected chi connectivity index (χ0v) is 10.7. The number of aromatic carboxylic acids is 1. The summed E-state index contributed by atoms with van der Waals surface area (Å²) in [6.45, 7) is 0.559. The fourth-order valence-electron chi connectivity index (χ4n) is 1.63. The number of nitrogens with one attached hydrogen (secondary N) is 1. The van der Waals surface area contributed by atoms with Crippen LogP contribution in [0.5, 0.6) is 5.75 Å². The minimum atomic E-state index is -1.15.